The standard InChI is InChI=1S/C15H16ClN3O/c1-10-11-4-2-3-5-12(11)18-13(15(10)16)8-19-7-6-17-14(20)9-19/h2-5H,6-9H2,1H3,(H,17,20). The zero-order valence-electron chi connectivity index (χ0n) is 11.3. The lowest BCUT2D eigenvalue weighted by molar-refractivity contribution is -0.124. The average Bonchev–Trinajstić information content (AvgIpc) is 2.45. The van der Waals surface area contributed by atoms with E-state index >= 15 is 0 Å². The molecular weight excluding hydrogens is 274 g/mol. The van der Waals surface area contributed by atoms with Gasteiger partial charge in [0, 0.05) is 25.0 Å². The minimum absolute atomic E-state index is 0.0601. The van der Waals surface area contributed by atoms with Crippen molar-refractivity contribution in [3.05, 3.63) is 40.5 Å². The fraction of sp³-hybridized carbons (Fsp3) is 0.333. The van der Waals surface area contributed by atoms with Gasteiger partial charge in [-0.05, 0) is 18.6 Å². The first kappa shape index (κ1) is 13.3. The zero-order valence-corrected chi connectivity index (χ0v) is 12.1. The third-order valence-corrected chi connectivity index (χ3v) is 4.14. The molecule has 1 saturated heterocycles. The summed E-state index contributed by atoms with van der Waals surface area (Å²) in [6, 6.07) is 7.98. The largest absolute Gasteiger partial charge is 0.354 e. The van der Waals surface area contributed by atoms with Gasteiger partial charge in [-0.15, -0.1) is 0 Å². The molecule has 1 N–H and O–H groups in total. The van der Waals surface area contributed by atoms with Crippen LogP contribution in [-0.4, -0.2) is 35.4 Å². The molecule has 1 aromatic carbocycles. The first-order valence-corrected chi connectivity index (χ1v) is 7.05. The Bertz CT molecular complexity index is 671. The maximum absolute atomic E-state index is 11.4. The van der Waals surface area contributed by atoms with Crippen molar-refractivity contribution < 1.29 is 4.79 Å². The second-order valence-corrected chi connectivity index (χ2v) is 5.45. The highest BCUT2D eigenvalue weighted by atomic mass is 35.5. The first-order valence-electron chi connectivity index (χ1n) is 6.68. The molecule has 0 aliphatic carbocycles. The highest BCUT2D eigenvalue weighted by Gasteiger charge is 2.19. The van der Waals surface area contributed by atoms with E-state index in [0.29, 0.717) is 24.7 Å². The van der Waals surface area contributed by atoms with Crippen molar-refractivity contribution in [1.29, 1.82) is 0 Å². The number of aryl methyl sites for hydroxylation is 1. The molecule has 20 heavy (non-hydrogen) atoms. The molecule has 2 heterocycles. The van der Waals surface area contributed by atoms with Crippen molar-refractivity contribution in [3.8, 4) is 0 Å². The number of para-hydroxylation sites is 1. The van der Waals surface area contributed by atoms with Gasteiger partial charge in [-0.3, -0.25) is 9.69 Å². The van der Waals surface area contributed by atoms with Gasteiger partial charge in [-0.2, -0.15) is 0 Å². The summed E-state index contributed by atoms with van der Waals surface area (Å²) < 4.78 is 0. The number of amides is 1. The summed E-state index contributed by atoms with van der Waals surface area (Å²) in [6.07, 6.45) is 0. The Balaban J connectivity index is 1.95. The summed E-state index contributed by atoms with van der Waals surface area (Å²) in [6.45, 7) is 4.54. The molecule has 0 bridgehead atoms. The SMILES string of the molecule is Cc1c(Cl)c(CN2CCNC(=O)C2)nc2ccccc12. The predicted molar refractivity (Wildman–Crippen MR) is 79.8 cm³/mol. The van der Waals surface area contributed by atoms with Gasteiger partial charge in [0.2, 0.25) is 5.91 Å². The number of benzene rings is 1. The van der Waals surface area contributed by atoms with Crippen LogP contribution in [0.2, 0.25) is 5.02 Å². The maximum atomic E-state index is 11.4. The minimum Gasteiger partial charge on any atom is -0.354 e. The van der Waals surface area contributed by atoms with Gasteiger partial charge in [0.05, 0.1) is 22.8 Å². The molecule has 1 aliphatic rings. The van der Waals surface area contributed by atoms with Gasteiger partial charge < -0.3 is 5.32 Å². The van der Waals surface area contributed by atoms with Crippen molar-refractivity contribution >= 4 is 28.4 Å². The number of hydrogen-bond acceptors (Lipinski definition) is 3. The second-order valence-electron chi connectivity index (χ2n) is 5.08. The van der Waals surface area contributed by atoms with Crippen LogP contribution < -0.4 is 5.32 Å². The molecule has 0 unspecified atom stereocenters. The number of piperazine rings is 1. The fourth-order valence-corrected chi connectivity index (χ4v) is 2.76. The van der Waals surface area contributed by atoms with E-state index in [-0.39, 0.29) is 5.91 Å². The van der Waals surface area contributed by atoms with Crippen LogP contribution in [0.15, 0.2) is 24.3 Å². The molecule has 1 fully saturated rings. The molecule has 0 spiro atoms. The van der Waals surface area contributed by atoms with Crippen LogP contribution in [0.4, 0.5) is 0 Å². The molecule has 0 saturated carbocycles. The van der Waals surface area contributed by atoms with E-state index in [1.165, 1.54) is 0 Å². The van der Waals surface area contributed by atoms with Crippen LogP contribution in [0.3, 0.4) is 0 Å². The molecule has 1 aromatic heterocycles. The summed E-state index contributed by atoms with van der Waals surface area (Å²) in [5.41, 5.74) is 2.84. The summed E-state index contributed by atoms with van der Waals surface area (Å²) in [4.78, 5) is 18.1. The molecule has 4 nitrogen and oxygen atoms in total. The number of halogens is 1. The Morgan fingerprint density at radius 3 is 3.00 bits per heavy atom. The maximum Gasteiger partial charge on any atom is 0.234 e. The van der Waals surface area contributed by atoms with Gasteiger partial charge in [0.15, 0.2) is 0 Å². The van der Waals surface area contributed by atoms with E-state index in [1.807, 2.05) is 31.2 Å². The highest BCUT2D eigenvalue weighted by molar-refractivity contribution is 6.32. The van der Waals surface area contributed by atoms with Crippen molar-refractivity contribution in [1.82, 2.24) is 15.2 Å². The molecule has 104 valence electrons. The third kappa shape index (κ3) is 2.49. The molecule has 1 aliphatic heterocycles. The Labute approximate surface area is 122 Å². The van der Waals surface area contributed by atoms with Crippen LogP contribution in [-0.2, 0) is 11.3 Å². The Kier molecular flexibility index (Phi) is 3.59. The van der Waals surface area contributed by atoms with Gasteiger partial charge in [-0.1, -0.05) is 29.8 Å². The Morgan fingerprint density at radius 1 is 1.40 bits per heavy atom. The number of hydrogen-bond donors (Lipinski definition) is 1. The van der Waals surface area contributed by atoms with Gasteiger partial charge in [0.25, 0.3) is 0 Å². The smallest absolute Gasteiger partial charge is 0.234 e. The minimum atomic E-state index is 0.0601. The predicted octanol–water partition coefficient (Wildman–Crippen LogP) is 2.13. The second kappa shape index (κ2) is 5.38. The van der Waals surface area contributed by atoms with Crippen molar-refractivity contribution in [2.75, 3.05) is 19.6 Å². The van der Waals surface area contributed by atoms with E-state index in [2.05, 4.69) is 15.2 Å². The number of carbonyl (C=O) groups is 1. The summed E-state index contributed by atoms with van der Waals surface area (Å²) in [5.74, 6) is 0.0601. The lowest BCUT2D eigenvalue weighted by atomic mass is 10.1. The molecular formula is C15H16ClN3O. The quantitative estimate of drug-likeness (QED) is 0.921. The number of carbonyl (C=O) groups excluding carboxylic acids is 1. The topological polar surface area (TPSA) is 45.2 Å². The zero-order chi connectivity index (χ0) is 14.1. The number of nitrogens with one attached hydrogen (secondary N) is 1. The van der Waals surface area contributed by atoms with E-state index in [9.17, 15) is 4.79 Å². The van der Waals surface area contributed by atoms with Crippen molar-refractivity contribution in [3.63, 3.8) is 0 Å². The van der Waals surface area contributed by atoms with E-state index in [4.69, 9.17) is 11.6 Å². The molecule has 3 rings (SSSR count). The van der Waals surface area contributed by atoms with Crippen LogP contribution in [0.25, 0.3) is 10.9 Å². The average molecular weight is 290 g/mol. The van der Waals surface area contributed by atoms with Crippen molar-refractivity contribution in [2.45, 2.75) is 13.5 Å². The lowest BCUT2D eigenvalue weighted by Gasteiger charge is -2.26. The van der Waals surface area contributed by atoms with E-state index in [0.717, 1.165) is 28.7 Å². The summed E-state index contributed by atoms with van der Waals surface area (Å²) in [7, 11) is 0. The number of fused-ring (bicyclic) bond motifs is 1. The number of pyridine rings is 1. The van der Waals surface area contributed by atoms with E-state index in [1.54, 1.807) is 0 Å². The molecule has 1 amide bonds. The molecule has 5 heteroatoms. The van der Waals surface area contributed by atoms with Crippen molar-refractivity contribution in [2.24, 2.45) is 0 Å². The Hall–Kier alpha value is -1.65. The van der Waals surface area contributed by atoms with E-state index < -0.39 is 0 Å². The molecule has 0 atom stereocenters. The number of rotatable bonds is 2. The molecule has 2 aromatic rings. The summed E-state index contributed by atoms with van der Waals surface area (Å²) >= 11 is 6.44. The molecule has 0 radical (unpaired) electrons. The summed E-state index contributed by atoms with van der Waals surface area (Å²) in [5, 5.41) is 4.60. The van der Waals surface area contributed by atoms with Crippen LogP contribution in [0, 0.1) is 6.92 Å². The van der Waals surface area contributed by atoms with Crippen LogP contribution in [0.5, 0.6) is 0 Å². The first-order chi connectivity index (χ1) is 9.65. The monoisotopic (exact) mass is 289 g/mol. The normalized spacial score (nSPS) is 16.4. The van der Waals surface area contributed by atoms with Crippen LogP contribution >= 0.6 is 11.6 Å². The number of aromatic nitrogens is 1. The van der Waals surface area contributed by atoms with Gasteiger partial charge >= 0.3 is 0 Å². The fourth-order valence-electron chi connectivity index (χ4n) is 2.56. The van der Waals surface area contributed by atoms with Gasteiger partial charge in [0.1, 0.15) is 0 Å². The Morgan fingerprint density at radius 2 is 2.20 bits per heavy atom. The number of nitrogens with zero attached hydrogens (tertiary/aromatic N) is 2. The third-order valence-electron chi connectivity index (χ3n) is 3.64. The lowest BCUT2D eigenvalue weighted by Crippen LogP contribution is -2.47. The van der Waals surface area contributed by atoms with Crippen LogP contribution in [0.1, 0.15) is 11.3 Å². The van der Waals surface area contributed by atoms with Gasteiger partial charge in [-0.25, -0.2) is 4.98 Å². The highest BCUT2D eigenvalue weighted by Crippen LogP contribution is 2.27.